The lowest BCUT2D eigenvalue weighted by Gasteiger charge is -1.97. The number of aromatic amines is 1. The maximum absolute atomic E-state index is 12.9. The molecule has 14 heavy (non-hydrogen) atoms. The largest absolute Gasteiger partial charge is 0.369 e. The second-order valence-electron chi connectivity index (χ2n) is 2.60. The molecule has 0 atom stereocenters. The summed E-state index contributed by atoms with van der Waals surface area (Å²) in [5.41, 5.74) is 3.85. The number of imidazole rings is 1. The van der Waals surface area contributed by atoms with E-state index >= 15 is 0 Å². The molecule has 0 aliphatic rings. The summed E-state index contributed by atoms with van der Waals surface area (Å²) in [7, 11) is 0. The Hall–Kier alpha value is -1.79. The Balaban J connectivity index is 3.01. The molecule has 0 radical (unpaired) electrons. The molecule has 2 rings (SSSR count). The van der Waals surface area contributed by atoms with E-state index in [1.54, 1.807) is 0 Å². The molecule has 0 amide bonds. The van der Waals surface area contributed by atoms with Crippen LogP contribution in [0.1, 0.15) is 0 Å². The van der Waals surface area contributed by atoms with Crippen LogP contribution < -0.4 is 5.73 Å². The third-order valence-electron chi connectivity index (χ3n) is 1.73. The number of fused-ring (bicyclic) bond motifs is 1. The van der Waals surface area contributed by atoms with Crippen LogP contribution in [0, 0.1) is 23.3 Å². The van der Waals surface area contributed by atoms with Gasteiger partial charge in [0.15, 0.2) is 29.2 Å². The number of rotatable bonds is 0. The summed E-state index contributed by atoms with van der Waals surface area (Å²) in [6, 6.07) is 0. The molecule has 1 aromatic carbocycles. The second kappa shape index (κ2) is 2.60. The van der Waals surface area contributed by atoms with Gasteiger partial charge in [-0.3, -0.25) is 0 Å². The van der Waals surface area contributed by atoms with Gasteiger partial charge in [0.2, 0.25) is 0 Å². The number of nitrogens with one attached hydrogen (secondary N) is 1. The van der Waals surface area contributed by atoms with Crippen LogP contribution in [0.5, 0.6) is 0 Å². The minimum Gasteiger partial charge on any atom is -0.369 e. The Morgan fingerprint density at radius 1 is 0.929 bits per heavy atom. The van der Waals surface area contributed by atoms with Crippen molar-refractivity contribution in [3.63, 3.8) is 0 Å². The number of hydrogen-bond donors (Lipinski definition) is 2. The molecule has 0 aliphatic heterocycles. The SMILES string of the molecule is Nc1nc2c(F)c(F)c(F)c(F)c2[nH]1. The van der Waals surface area contributed by atoms with E-state index in [9.17, 15) is 17.6 Å². The third kappa shape index (κ3) is 0.949. The van der Waals surface area contributed by atoms with Gasteiger partial charge in [0.25, 0.3) is 0 Å². The van der Waals surface area contributed by atoms with E-state index < -0.39 is 34.3 Å². The van der Waals surface area contributed by atoms with E-state index in [-0.39, 0.29) is 5.95 Å². The van der Waals surface area contributed by atoms with Gasteiger partial charge in [0.1, 0.15) is 11.0 Å². The van der Waals surface area contributed by atoms with Crippen LogP contribution in [-0.4, -0.2) is 9.97 Å². The van der Waals surface area contributed by atoms with Crippen molar-refractivity contribution in [3.8, 4) is 0 Å². The molecule has 1 heterocycles. The lowest BCUT2D eigenvalue weighted by molar-refractivity contribution is 0.417. The smallest absolute Gasteiger partial charge is 0.199 e. The maximum Gasteiger partial charge on any atom is 0.199 e. The molecule has 1 aromatic heterocycles. The van der Waals surface area contributed by atoms with E-state index in [2.05, 4.69) is 9.97 Å². The van der Waals surface area contributed by atoms with Crippen LogP contribution in [0.25, 0.3) is 11.0 Å². The zero-order valence-electron chi connectivity index (χ0n) is 6.54. The molecule has 74 valence electrons. The predicted molar refractivity (Wildman–Crippen MR) is 40.3 cm³/mol. The van der Waals surface area contributed by atoms with Crippen LogP contribution in [0.4, 0.5) is 23.5 Å². The first kappa shape index (κ1) is 8.79. The summed E-state index contributed by atoms with van der Waals surface area (Å²) in [5, 5.41) is 0. The van der Waals surface area contributed by atoms with Gasteiger partial charge in [-0.1, -0.05) is 0 Å². The molecule has 0 spiro atoms. The lowest BCUT2D eigenvalue weighted by Crippen LogP contribution is -1.97. The normalized spacial score (nSPS) is 11.1. The molecule has 3 nitrogen and oxygen atoms in total. The Morgan fingerprint density at radius 2 is 1.50 bits per heavy atom. The first-order chi connectivity index (χ1) is 6.52. The van der Waals surface area contributed by atoms with Crippen LogP contribution in [-0.2, 0) is 0 Å². The highest BCUT2D eigenvalue weighted by atomic mass is 19.2. The van der Waals surface area contributed by atoms with Crippen molar-refractivity contribution in [2.24, 2.45) is 0 Å². The summed E-state index contributed by atoms with van der Waals surface area (Å²) in [5.74, 6) is -7.21. The Bertz CT molecular complexity index is 474. The van der Waals surface area contributed by atoms with Crippen molar-refractivity contribution in [2.75, 3.05) is 5.73 Å². The fourth-order valence-corrected chi connectivity index (χ4v) is 1.12. The Morgan fingerprint density at radius 3 is 2.14 bits per heavy atom. The van der Waals surface area contributed by atoms with Gasteiger partial charge in [0, 0.05) is 0 Å². The number of anilines is 1. The minimum atomic E-state index is -1.90. The monoisotopic (exact) mass is 205 g/mol. The lowest BCUT2D eigenvalue weighted by atomic mass is 10.2. The van der Waals surface area contributed by atoms with Crippen LogP contribution in [0.2, 0.25) is 0 Å². The Kier molecular flexibility index (Phi) is 1.63. The summed E-state index contributed by atoms with van der Waals surface area (Å²) < 4.78 is 51.2. The summed E-state index contributed by atoms with van der Waals surface area (Å²) in [6.45, 7) is 0. The number of nitrogen functional groups attached to an aromatic ring is 1. The number of hydrogen-bond acceptors (Lipinski definition) is 2. The number of benzene rings is 1. The van der Waals surface area contributed by atoms with Crippen molar-refractivity contribution in [2.45, 2.75) is 0 Å². The first-order valence-electron chi connectivity index (χ1n) is 3.49. The molecule has 3 N–H and O–H groups in total. The minimum absolute atomic E-state index is 0.317. The van der Waals surface area contributed by atoms with E-state index in [0.717, 1.165) is 0 Å². The van der Waals surface area contributed by atoms with E-state index in [0.29, 0.717) is 0 Å². The third-order valence-corrected chi connectivity index (χ3v) is 1.73. The van der Waals surface area contributed by atoms with E-state index in [1.807, 2.05) is 0 Å². The summed E-state index contributed by atoms with van der Waals surface area (Å²) in [6.07, 6.45) is 0. The summed E-state index contributed by atoms with van der Waals surface area (Å²) >= 11 is 0. The maximum atomic E-state index is 12.9. The molecule has 0 aliphatic carbocycles. The zero-order chi connectivity index (χ0) is 10.5. The van der Waals surface area contributed by atoms with Gasteiger partial charge in [-0.2, -0.15) is 0 Å². The van der Waals surface area contributed by atoms with Gasteiger partial charge in [-0.15, -0.1) is 0 Å². The summed E-state index contributed by atoms with van der Waals surface area (Å²) in [4.78, 5) is 5.36. The van der Waals surface area contributed by atoms with Crippen LogP contribution >= 0.6 is 0 Å². The van der Waals surface area contributed by atoms with E-state index in [1.165, 1.54) is 0 Å². The predicted octanol–water partition coefficient (Wildman–Crippen LogP) is 1.70. The highest BCUT2D eigenvalue weighted by molar-refractivity contribution is 5.78. The number of nitrogens with zero attached hydrogens (tertiary/aromatic N) is 1. The highest BCUT2D eigenvalue weighted by Crippen LogP contribution is 2.25. The molecular weight excluding hydrogens is 202 g/mol. The van der Waals surface area contributed by atoms with Gasteiger partial charge < -0.3 is 10.7 Å². The Labute approximate surface area is 74.5 Å². The van der Waals surface area contributed by atoms with Crippen molar-refractivity contribution in [3.05, 3.63) is 23.3 Å². The number of nitrogens with two attached hydrogens (primary N) is 1. The fourth-order valence-electron chi connectivity index (χ4n) is 1.12. The second-order valence-corrected chi connectivity index (χ2v) is 2.60. The molecule has 0 bridgehead atoms. The quantitative estimate of drug-likeness (QED) is 0.390. The van der Waals surface area contributed by atoms with E-state index in [4.69, 9.17) is 5.73 Å². The van der Waals surface area contributed by atoms with Gasteiger partial charge in [0.05, 0.1) is 0 Å². The number of halogens is 4. The van der Waals surface area contributed by atoms with Gasteiger partial charge in [-0.25, -0.2) is 22.5 Å². The van der Waals surface area contributed by atoms with Crippen molar-refractivity contribution >= 4 is 17.0 Å². The average molecular weight is 205 g/mol. The van der Waals surface area contributed by atoms with Crippen molar-refractivity contribution in [1.29, 1.82) is 0 Å². The van der Waals surface area contributed by atoms with Crippen LogP contribution in [0.3, 0.4) is 0 Å². The molecule has 2 aromatic rings. The van der Waals surface area contributed by atoms with Crippen LogP contribution in [0.15, 0.2) is 0 Å². The first-order valence-corrected chi connectivity index (χ1v) is 3.49. The number of H-pyrrole nitrogens is 1. The molecule has 0 saturated heterocycles. The fraction of sp³-hybridized carbons (Fsp3) is 0. The molecule has 7 heteroatoms. The standard InChI is InChI=1S/C7H3F4N3/c8-1-2(9)4(11)6-5(3(1)10)13-7(12)14-6/h(H3,12,13,14). The van der Waals surface area contributed by atoms with Gasteiger partial charge in [-0.05, 0) is 0 Å². The van der Waals surface area contributed by atoms with Crippen molar-refractivity contribution < 1.29 is 17.6 Å². The average Bonchev–Trinajstić information content (AvgIpc) is 2.54. The highest BCUT2D eigenvalue weighted by Gasteiger charge is 2.22. The van der Waals surface area contributed by atoms with Gasteiger partial charge >= 0.3 is 0 Å². The zero-order valence-corrected chi connectivity index (χ0v) is 6.54. The molecule has 0 saturated carbocycles. The molecule has 0 unspecified atom stereocenters. The van der Waals surface area contributed by atoms with Crippen molar-refractivity contribution in [1.82, 2.24) is 9.97 Å². The topological polar surface area (TPSA) is 54.7 Å². The molecule has 0 fully saturated rings. The number of aromatic nitrogens is 2. The molecular formula is C7H3F4N3.